The maximum absolute atomic E-state index is 12.7. The first-order chi connectivity index (χ1) is 14.2. The van der Waals surface area contributed by atoms with E-state index >= 15 is 0 Å². The number of hydrogen-bond acceptors (Lipinski definition) is 1. The zero-order valence-corrected chi connectivity index (χ0v) is 18.6. The topological polar surface area (TPSA) is 29.1 Å². The smallest absolute Gasteiger partial charge is 0.255 e. The van der Waals surface area contributed by atoms with E-state index in [0.29, 0.717) is 5.56 Å². The summed E-state index contributed by atoms with van der Waals surface area (Å²) in [5.41, 5.74) is 1.48. The van der Waals surface area contributed by atoms with Gasteiger partial charge in [-0.2, -0.15) is 0 Å². The van der Waals surface area contributed by atoms with Crippen LogP contribution in [-0.4, -0.2) is 5.91 Å². The molecule has 0 fully saturated rings. The van der Waals surface area contributed by atoms with Gasteiger partial charge in [-0.05, 0) is 83.3 Å². The molecule has 1 amide bonds. The van der Waals surface area contributed by atoms with Crippen LogP contribution in [0.1, 0.15) is 10.4 Å². The van der Waals surface area contributed by atoms with Gasteiger partial charge in [-0.25, -0.2) is 0 Å². The zero-order valence-electron chi connectivity index (χ0n) is 15.6. The van der Waals surface area contributed by atoms with Crippen LogP contribution in [0, 0.1) is 3.57 Å². The molecule has 2 nitrogen and oxygen atoms in total. The first kappa shape index (κ1) is 19.7. The van der Waals surface area contributed by atoms with E-state index in [1.165, 1.54) is 14.7 Å². The molecule has 0 bridgehead atoms. The standard InChI is InChI=1S/C25H18INOS/c26-23-13-7-8-14-24(23)27-25(28)19-15-17-22(18-16-19)29(20-9-3-1-4-10-20)21-11-5-2-6-12-21/h1-18H/p+1. The molecule has 0 saturated carbocycles. The summed E-state index contributed by atoms with van der Waals surface area (Å²) in [6.45, 7) is 0. The van der Waals surface area contributed by atoms with E-state index in [0.717, 1.165) is 9.26 Å². The van der Waals surface area contributed by atoms with Crippen LogP contribution < -0.4 is 5.32 Å². The zero-order chi connectivity index (χ0) is 20.1. The van der Waals surface area contributed by atoms with Crippen LogP contribution in [0.15, 0.2) is 124 Å². The van der Waals surface area contributed by atoms with Crippen molar-refractivity contribution in [2.45, 2.75) is 14.7 Å². The van der Waals surface area contributed by atoms with Crippen molar-refractivity contribution in [1.82, 2.24) is 0 Å². The monoisotopic (exact) mass is 508 g/mol. The lowest BCUT2D eigenvalue weighted by Gasteiger charge is -2.09. The minimum Gasteiger partial charge on any atom is -0.321 e. The summed E-state index contributed by atoms with van der Waals surface area (Å²) in [6, 6.07) is 36.7. The molecule has 0 aliphatic rings. The molecule has 1 N–H and O–H groups in total. The van der Waals surface area contributed by atoms with Crippen LogP contribution in [0.25, 0.3) is 0 Å². The third-order valence-corrected chi connectivity index (χ3v) is 7.60. The molecular formula is C25H19INOS+. The second-order valence-electron chi connectivity index (χ2n) is 6.39. The molecule has 29 heavy (non-hydrogen) atoms. The number of carbonyl (C=O) groups excluding carboxylic acids is 1. The molecule has 0 heterocycles. The molecule has 142 valence electrons. The molecule has 0 aliphatic carbocycles. The van der Waals surface area contributed by atoms with Gasteiger partial charge >= 0.3 is 0 Å². The molecule has 0 saturated heterocycles. The Kier molecular flexibility index (Phi) is 6.32. The van der Waals surface area contributed by atoms with Crippen LogP contribution in [0.5, 0.6) is 0 Å². The van der Waals surface area contributed by atoms with Gasteiger partial charge in [-0.1, -0.05) is 48.5 Å². The number of benzene rings is 4. The molecule has 0 radical (unpaired) electrons. The van der Waals surface area contributed by atoms with Crippen molar-refractivity contribution in [1.29, 1.82) is 0 Å². The summed E-state index contributed by atoms with van der Waals surface area (Å²) in [5.74, 6) is -0.0972. The first-order valence-corrected chi connectivity index (χ1v) is 11.5. The van der Waals surface area contributed by atoms with Crippen molar-refractivity contribution < 1.29 is 4.79 Å². The summed E-state index contributed by atoms with van der Waals surface area (Å²) >= 11 is 2.23. The van der Waals surface area contributed by atoms with E-state index in [2.05, 4.69) is 88.6 Å². The summed E-state index contributed by atoms with van der Waals surface area (Å²) in [5, 5.41) is 2.99. The Bertz CT molecular complexity index is 1060. The number of amides is 1. The van der Waals surface area contributed by atoms with Gasteiger partial charge in [0.1, 0.15) is 0 Å². The summed E-state index contributed by atoms with van der Waals surface area (Å²) < 4.78 is 1.02. The molecule has 4 heteroatoms. The number of nitrogens with one attached hydrogen (secondary N) is 1. The van der Waals surface area contributed by atoms with Crippen LogP contribution in [0.3, 0.4) is 0 Å². The number of carbonyl (C=O) groups is 1. The first-order valence-electron chi connectivity index (χ1n) is 9.23. The molecule has 4 aromatic rings. The second-order valence-corrected chi connectivity index (χ2v) is 9.58. The van der Waals surface area contributed by atoms with E-state index in [4.69, 9.17) is 0 Å². The highest BCUT2D eigenvalue weighted by atomic mass is 127. The number of halogens is 1. The normalized spacial score (nSPS) is 10.7. The fourth-order valence-corrected chi connectivity index (χ4v) is 5.63. The van der Waals surface area contributed by atoms with Gasteiger partial charge in [-0.15, -0.1) is 0 Å². The van der Waals surface area contributed by atoms with Crippen molar-refractivity contribution >= 4 is 45.1 Å². The largest absolute Gasteiger partial charge is 0.321 e. The predicted octanol–water partition coefficient (Wildman–Crippen LogP) is 6.64. The highest BCUT2D eigenvalue weighted by Gasteiger charge is 2.28. The van der Waals surface area contributed by atoms with Gasteiger partial charge in [0.2, 0.25) is 0 Å². The van der Waals surface area contributed by atoms with E-state index in [9.17, 15) is 4.79 Å². The molecule has 4 rings (SSSR count). The lowest BCUT2D eigenvalue weighted by Crippen LogP contribution is -2.13. The van der Waals surface area contributed by atoms with Crippen molar-refractivity contribution in [2.75, 3.05) is 5.32 Å². The van der Waals surface area contributed by atoms with Gasteiger partial charge in [-0.3, -0.25) is 4.79 Å². The van der Waals surface area contributed by atoms with E-state index < -0.39 is 0 Å². The van der Waals surface area contributed by atoms with Crippen LogP contribution >= 0.6 is 22.6 Å². The summed E-state index contributed by atoms with van der Waals surface area (Å²) in [4.78, 5) is 16.4. The Morgan fingerprint density at radius 2 is 1.10 bits per heavy atom. The molecule has 0 spiro atoms. The lowest BCUT2D eigenvalue weighted by atomic mass is 10.2. The molecule has 0 aliphatic heterocycles. The quantitative estimate of drug-likeness (QED) is 0.238. The van der Waals surface area contributed by atoms with Gasteiger partial charge in [0.15, 0.2) is 14.7 Å². The van der Waals surface area contributed by atoms with Crippen LogP contribution in [0.4, 0.5) is 5.69 Å². The van der Waals surface area contributed by atoms with Crippen LogP contribution in [-0.2, 0) is 10.9 Å². The third kappa shape index (κ3) is 4.71. The van der Waals surface area contributed by atoms with Gasteiger partial charge in [0.25, 0.3) is 5.91 Å². The summed E-state index contributed by atoms with van der Waals surface area (Å²) in [7, 11) is -0.211. The Morgan fingerprint density at radius 3 is 1.66 bits per heavy atom. The van der Waals surface area contributed by atoms with Crippen molar-refractivity contribution in [2.24, 2.45) is 0 Å². The maximum atomic E-state index is 12.7. The molecule has 0 unspecified atom stereocenters. The molecular weight excluding hydrogens is 489 g/mol. The van der Waals surface area contributed by atoms with Crippen molar-refractivity contribution in [3.8, 4) is 0 Å². The number of rotatable bonds is 5. The fraction of sp³-hybridized carbons (Fsp3) is 0. The molecule has 0 aromatic heterocycles. The number of para-hydroxylation sites is 1. The highest BCUT2D eigenvalue weighted by Crippen LogP contribution is 2.31. The fourth-order valence-electron chi connectivity index (χ4n) is 3.02. The number of anilines is 1. The van der Waals surface area contributed by atoms with Gasteiger partial charge in [0.05, 0.1) is 16.6 Å². The van der Waals surface area contributed by atoms with Gasteiger partial charge in [0, 0.05) is 9.13 Å². The molecule has 0 atom stereocenters. The van der Waals surface area contributed by atoms with Crippen molar-refractivity contribution in [3.63, 3.8) is 0 Å². The minimum absolute atomic E-state index is 0.0972. The Labute approximate surface area is 187 Å². The third-order valence-electron chi connectivity index (χ3n) is 4.43. The molecule has 4 aromatic carbocycles. The Balaban J connectivity index is 1.62. The minimum atomic E-state index is -0.211. The van der Waals surface area contributed by atoms with E-state index in [1.54, 1.807) is 0 Å². The van der Waals surface area contributed by atoms with Gasteiger partial charge < -0.3 is 5.32 Å². The second kappa shape index (κ2) is 9.29. The van der Waals surface area contributed by atoms with E-state index in [-0.39, 0.29) is 16.8 Å². The number of hydrogen-bond donors (Lipinski definition) is 1. The average molecular weight is 508 g/mol. The summed E-state index contributed by atoms with van der Waals surface area (Å²) in [6.07, 6.45) is 0. The SMILES string of the molecule is O=C(Nc1ccccc1I)c1ccc([S+](c2ccccc2)c2ccccc2)cc1. The van der Waals surface area contributed by atoms with E-state index in [1.807, 2.05) is 48.5 Å². The van der Waals surface area contributed by atoms with Crippen molar-refractivity contribution in [3.05, 3.63) is 118 Å². The Hall–Kier alpha value is -2.57. The Morgan fingerprint density at radius 1 is 0.621 bits per heavy atom. The predicted molar refractivity (Wildman–Crippen MR) is 129 cm³/mol. The lowest BCUT2D eigenvalue weighted by molar-refractivity contribution is 0.102. The van der Waals surface area contributed by atoms with Crippen LogP contribution in [0.2, 0.25) is 0 Å². The highest BCUT2D eigenvalue weighted by molar-refractivity contribution is 14.1. The maximum Gasteiger partial charge on any atom is 0.255 e. The average Bonchev–Trinajstić information content (AvgIpc) is 2.77.